The van der Waals surface area contributed by atoms with Crippen molar-refractivity contribution in [1.29, 1.82) is 0 Å². The minimum atomic E-state index is -3.33. The number of hydrogen-bond acceptors (Lipinski definition) is 5. The van der Waals surface area contributed by atoms with Crippen molar-refractivity contribution in [3.63, 3.8) is 0 Å². The predicted molar refractivity (Wildman–Crippen MR) is 91.3 cm³/mol. The van der Waals surface area contributed by atoms with Crippen LogP contribution in [0.2, 0.25) is 0 Å². The van der Waals surface area contributed by atoms with E-state index in [0.29, 0.717) is 5.69 Å². The molecule has 8 heteroatoms. The van der Waals surface area contributed by atoms with E-state index in [0.717, 1.165) is 11.4 Å². The third-order valence-electron chi connectivity index (χ3n) is 2.90. The zero-order valence-corrected chi connectivity index (χ0v) is 13.6. The summed E-state index contributed by atoms with van der Waals surface area (Å²) in [7, 11) is -3.33. The fourth-order valence-corrected chi connectivity index (χ4v) is 2.35. The van der Waals surface area contributed by atoms with Crippen LogP contribution in [-0.4, -0.2) is 25.1 Å². The Morgan fingerprint density at radius 2 is 1.65 bits per heavy atom. The number of carbonyl (C=O) groups excluding carboxylic acids is 1. The van der Waals surface area contributed by atoms with Crippen molar-refractivity contribution in [2.75, 3.05) is 21.1 Å². The van der Waals surface area contributed by atoms with Gasteiger partial charge in [-0.3, -0.25) is 9.52 Å². The third kappa shape index (κ3) is 5.26. The average molecular weight is 334 g/mol. The van der Waals surface area contributed by atoms with Crippen LogP contribution in [0.25, 0.3) is 0 Å². The summed E-state index contributed by atoms with van der Waals surface area (Å²) in [5.41, 5.74) is 2.25. The molecule has 0 aliphatic rings. The van der Waals surface area contributed by atoms with Gasteiger partial charge in [-0.1, -0.05) is 0 Å². The lowest BCUT2D eigenvalue weighted by atomic mass is 10.2. The lowest BCUT2D eigenvalue weighted by Crippen LogP contribution is -2.15. The molecule has 23 heavy (non-hydrogen) atoms. The van der Waals surface area contributed by atoms with Crippen LogP contribution in [0.5, 0.6) is 0 Å². The van der Waals surface area contributed by atoms with E-state index in [1.165, 1.54) is 13.1 Å². The number of aromatic nitrogens is 1. The molecule has 0 aliphatic heterocycles. The zero-order chi connectivity index (χ0) is 16.9. The molecule has 1 heterocycles. The molecule has 7 nitrogen and oxygen atoms in total. The first-order valence-corrected chi connectivity index (χ1v) is 8.64. The molecule has 0 unspecified atom stereocenters. The predicted octanol–water partition coefficient (Wildman–Crippen LogP) is 2.55. The van der Waals surface area contributed by atoms with E-state index in [1.807, 2.05) is 12.1 Å². The molecule has 122 valence electrons. The summed E-state index contributed by atoms with van der Waals surface area (Å²) in [5, 5.41) is 5.82. The smallest absolute Gasteiger partial charge is 0.233 e. The molecule has 0 fully saturated rings. The Hall–Kier alpha value is -2.61. The maximum Gasteiger partial charge on any atom is 0.233 e. The van der Waals surface area contributed by atoms with Gasteiger partial charge in [-0.05, 0) is 43.3 Å². The summed E-state index contributed by atoms with van der Waals surface area (Å²) >= 11 is 0. The second kappa shape index (κ2) is 7.10. The summed E-state index contributed by atoms with van der Waals surface area (Å²) in [6, 6.07) is 10.5. The number of carbonyl (C=O) groups is 1. The first-order valence-electron chi connectivity index (χ1n) is 6.99. The molecule has 2 rings (SSSR count). The second-order valence-corrected chi connectivity index (χ2v) is 6.83. The van der Waals surface area contributed by atoms with Crippen molar-refractivity contribution >= 4 is 38.8 Å². The molecule has 1 aromatic carbocycles. The quantitative estimate of drug-likeness (QED) is 0.754. The average Bonchev–Trinajstić information content (AvgIpc) is 2.50. The molecule has 0 saturated heterocycles. The van der Waals surface area contributed by atoms with Crippen molar-refractivity contribution in [2.45, 2.75) is 13.8 Å². The van der Waals surface area contributed by atoms with Crippen molar-refractivity contribution in [1.82, 2.24) is 4.98 Å². The highest BCUT2D eigenvalue weighted by atomic mass is 32.2. The number of sulfonamides is 1. The topological polar surface area (TPSA) is 100 Å². The zero-order valence-electron chi connectivity index (χ0n) is 12.8. The summed E-state index contributed by atoms with van der Waals surface area (Å²) < 4.78 is 25.3. The van der Waals surface area contributed by atoms with Crippen molar-refractivity contribution in [3.05, 3.63) is 42.6 Å². The van der Waals surface area contributed by atoms with Gasteiger partial charge < -0.3 is 10.6 Å². The van der Waals surface area contributed by atoms with E-state index in [2.05, 4.69) is 20.3 Å². The van der Waals surface area contributed by atoms with Crippen molar-refractivity contribution in [2.24, 2.45) is 0 Å². The lowest BCUT2D eigenvalue weighted by Gasteiger charge is -2.09. The van der Waals surface area contributed by atoms with Gasteiger partial charge in [-0.15, -0.1) is 0 Å². The molecular formula is C15H18N4O3S. The van der Waals surface area contributed by atoms with Gasteiger partial charge in [0.05, 0.1) is 17.6 Å². The molecular weight excluding hydrogens is 316 g/mol. The van der Waals surface area contributed by atoms with Crippen LogP contribution in [-0.2, 0) is 14.8 Å². The number of anilines is 4. The van der Waals surface area contributed by atoms with E-state index in [4.69, 9.17) is 0 Å². The number of pyridine rings is 1. The van der Waals surface area contributed by atoms with Gasteiger partial charge in [0.2, 0.25) is 15.9 Å². The van der Waals surface area contributed by atoms with E-state index in [9.17, 15) is 13.2 Å². The van der Waals surface area contributed by atoms with Crippen LogP contribution in [0.15, 0.2) is 42.6 Å². The van der Waals surface area contributed by atoms with E-state index >= 15 is 0 Å². The first-order chi connectivity index (χ1) is 10.9. The van der Waals surface area contributed by atoms with Crippen molar-refractivity contribution in [3.8, 4) is 0 Å². The monoisotopic (exact) mass is 334 g/mol. The van der Waals surface area contributed by atoms with E-state index in [-0.39, 0.29) is 17.5 Å². The number of benzene rings is 1. The maximum atomic E-state index is 11.5. The molecule has 0 saturated carbocycles. The molecule has 0 atom stereocenters. The summed E-state index contributed by atoms with van der Waals surface area (Å²) in [5.74, 6) is 0.147. The van der Waals surface area contributed by atoms with Crippen LogP contribution in [0.4, 0.5) is 22.9 Å². The highest BCUT2D eigenvalue weighted by Crippen LogP contribution is 2.19. The fraction of sp³-hybridized carbons (Fsp3) is 0.200. The molecule has 0 radical (unpaired) electrons. The molecule has 2 aromatic rings. The summed E-state index contributed by atoms with van der Waals surface area (Å²) in [6.07, 6.45) is 1.54. The highest BCUT2D eigenvalue weighted by molar-refractivity contribution is 7.92. The highest BCUT2D eigenvalue weighted by Gasteiger charge is 2.07. The van der Waals surface area contributed by atoms with Gasteiger partial charge >= 0.3 is 0 Å². The van der Waals surface area contributed by atoms with Gasteiger partial charge in [-0.2, -0.15) is 0 Å². The lowest BCUT2D eigenvalue weighted by molar-refractivity contribution is -0.114. The Kier molecular flexibility index (Phi) is 5.17. The Morgan fingerprint density at radius 1 is 1.04 bits per heavy atom. The molecule has 3 N–H and O–H groups in total. The molecule has 0 aliphatic carbocycles. The molecule has 0 spiro atoms. The second-order valence-electron chi connectivity index (χ2n) is 4.82. The summed E-state index contributed by atoms with van der Waals surface area (Å²) in [6.45, 7) is 3.01. The number of nitrogens with one attached hydrogen (secondary N) is 3. The van der Waals surface area contributed by atoms with Gasteiger partial charge in [0, 0.05) is 18.3 Å². The Labute approximate surface area is 135 Å². The van der Waals surface area contributed by atoms with Crippen molar-refractivity contribution < 1.29 is 13.2 Å². The molecule has 1 amide bonds. The number of amides is 1. The van der Waals surface area contributed by atoms with Crippen LogP contribution >= 0.6 is 0 Å². The van der Waals surface area contributed by atoms with Gasteiger partial charge in [-0.25, -0.2) is 13.4 Å². The van der Waals surface area contributed by atoms with Crippen LogP contribution < -0.4 is 15.4 Å². The molecule has 0 bridgehead atoms. The minimum absolute atomic E-state index is 0.00463. The normalized spacial score (nSPS) is 10.9. The van der Waals surface area contributed by atoms with E-state index < -0.39 is 10.0 Å². The number of rotatable bonds is 6. The fourth-order valence-electron chi connectivity index (χ4n) is 1.77. The Balaban J connectivity index is 2.02. The Bertz CT molecular complexity index is 771. The SMILES string of the molecule is CCS(=O)(=O)Nc1ccc(Nc2ccc(NC(C)=O)cc2)cn1. The van der Waals surface area contributed by atoms with Crippen LogP contribution in [0.1, 0.15) is 13.8 Å². The Morgan fingerprint density at radius 3 is 2.17 bits per heavy atom. The standard InChI is InChI=1S/C15H18N4O3S/c1-3-23(21,22)19-15-9-8-14(10-16-15)18-13-6-4-12(5-7-13)17-11(2)20/h4-10,18H,3H2,1-2H3,(H,16,19)(H,17,20). The van der Waals surface area contributed by atoms with Crippen LogP contribution in [0.3, 0.4) is 0 Å². The number of hydrogen-bond donors (Lipinski definition) is 3. The van der Waals surface area contributed by atoms with Crippen LogP contribution in [0, 0.1) is 0 Å². The van der Waals surface area contributed by atoms with E-state index in [1.54, 1.807) is 31.2 Å². The molecule has 1 aromatic heterocycles. The largest absolute Gasteiger partial charge is 0.354 e. The number of nitrogens with zero attached hydrogens (tertiary/aromatic N) is 1. The summed E-state index contributed by atoms with van der Waals surface area (Å²) in [4.78, 5) is 15.0. The van der Waals surface area contributed by atoms with Gasteiger partial charge in [0.15, 0.2) is 0 Å². The maximum absolute atomic E-state index is 11.5. The van der Waals surface area contributed by atoms with Gasteiger partial charge in [0.1, 0.15) is 5.82 Å². The first kappa shape index (κ1) is 16.8. The third-order valence-corrected chi connectivity index (χ3v) is 4.18. The van der Waals surface area contributed by atoms with Gasteiger partial charge in [0.25, 0.3) is 0 Å². The minimum Gasteiger partial charge on any atom is -0.354 e.